The molecule has 0 bridgehead atoms. The van der Waals surface area contributed by atoms with E-state index in [1.54, 1.807) is 0 Å². The second-order valence-electron chi connectivity index (χ2n) is 5.36. The Labute approximate surface area is 131 Å². The summed E-state index contributed by atoms with van der Waals surface area (Å²) in [6.45, 7) is 1.07. The molecule has 0 spiro atoms. The lowest BCUT2D eigenvalue weighted by Gasteiger charge is -2.26. The second-order valence-corrected chi connectivity index (χ2v) is 6.64. The van der Waals surface area contributed by atoms with Crippen LogP contribution in [0.3, 0.4) is 0 Å². The molecule has 1 aromatic rings. The van der Waals surface area contributed by atoms with E-state index < -0.39 is 0 Å². The topological polar surface area (TPSA) is 55.1 Å². The van der Waals surface area contributed by atoms with Crippen LogP contribution in [0.1, 0.15) is 41.6 Å². The van der Waals surface area contributed by atoms with Gasteiger partial charge in [-0.2, -0.15) is 11.8 Å². The highest BCUT2D eigenvalue weighted by Gasteiger charge is 2.33. The maximum atomic E-state index is 12.3. The molecule has 0 radical (unpaired) electrons. The molecule has 2 rings (SSSR count). The molecule has 1 saturated carbocycles. The number of carbonyl (C=O) groups excluding carboxylic acids is 1. The third kappa shape index (κ3) is 4.26. The van der Waals surface area contributed by atoms with Crippen molar-refractivity contribution < 1.29 is 4.79 Å². The molecule has 21 heavy (non-hydrogen) atoms. The summed E-state index contributed by atoms with van der Waals surface area (Å²) in [6.07, 6.45) is 7.05. The van der Waals surface area contributed by atoms with Gasteiger partial charge >= 0.3 is 0 Å². The molecule has 0 atom stereocenters. The minimum absolute atomic E-state index is 0.0216. The van der Waals surface area contributed by atoms with Crippen LogP contribution in [0.4, 0.5) is 0 Å². The summed E-state index contributed by atoms with van der Waals surface area (Å²) >= 11 is 1.88. The van der Waals surface area contributed by atoms with Gasteiger partial charge in [-0.1, -0.05) is 30.7 Å². The van der Waals surface area contributed by atoms with Crippen molar-refractivity contribution in [2.75, 3.05) is 19.3 Å². The maximum absolute atomic E-state index is 12.3. The summed E-state index contributed by atoms with van der Waals surface area (Å²) in [5, 5.41) is 3.08. The second kappa shape index (κ2) is 7.53. The third-order valence-corrected chi connectivity index (χ3v) is 5.40. The molecule has 1 amide bonds. The van der Waals surface area contributed by atoms with Gasteiger partial charge in [-0.25, -0.2) is 0 Å². The summed E-state index contributed by atoms with van der Waals surface area (Å²) in [5.41, 5.74) is 6.85. The molecular formula is C17H22N2OS. The number of amides is 1. The van der Waals surface area contributed by atoms with E-state index in [0.29, 0.717) is 12.1 Å². The van der Waals surface area contributed by atoms with Crippen molar-refractivity contribution in [1.82, 2.24) is 5.32 Å². The number of thioether (sulfide) groups is 1. The van der Waals surface area contributed by atoms with E-state index >= 15 is 0 Å². The molecule has 112 valence electrons. The first-order valence-electron chi connectivity index (χ1n) is 7.31. The van der Waals surface area contributed by atoms with Gasteiger partial charge in [-0.05, 0) is 37.3 Å². The Hall–Kier alpha value is -1.44. The number of benzene rings is 1. The van der Waals surface area contributed by atoms with E-state index in [1.807, 2.05) is 36.0 Å². The van der Waals surface area contributed by atoms with E-state index in [0.717, 1.165) is 12.1 Å². The standard InChI is InChI=1S/C17H22N2OS/c1-21-17(9-2-3-10-17)13-19-16(20)15-8-4-6-14(12-15)7-5-11-18/h4,6,8,12H,2-3,9-11,13,18H2,1H3,(H,19,20). The average Bonchev–Trinajstić information content (AvgIpc) is 3.00. The van der Waals surface area contributed by atoms with Crippen LogP contribution >= 0.6 is 11.8 Å². The Bertz CT molecular complexity index is 553. The Morgan fingerprint density at radius 1 is 1.43 bits per heavy atom. The van der Waals surface area contributed by atoms with Crippen LogP contribution in [0.5, 0.6) is 0 Å². The fourth-order valence-electron chi connectivity index (χ4n) is 2.71. The normalized spacial score (nSPS) is 16.1. The van der Waals surface area contributed by atoms with Gasteiger partial charge in [0, 0.05) is 22.4 Å². The number of hydrogen-bond acceptors (Lipinski definition) is 3. The molecule has 0 unspecified atom stereocenters. The predicted octanol–water partition coefficient (Wildman–Crippen LogP) is 2.40. The van der Waals surface area contributed by atoms with Gasteiger partial charge in [0.1, 0.15) is 0 Å². The smallest absolute Gasteiger partial charge is 0.251 e. The van der Waals surface area contributed by atoms with Gasteiger partial charge in [0.15, 0.2) is 0 Å². The van der Waals surface area contributed by atoms with Crippen molar-refractivity contribution >= 4 is 17.7 Å². The summed E-state index contributed by atoms with van der Waals surface area (Å²) in [5.74, 6) is 5.74. The van der Waals surface area contributed by atoms with Gasteiger partial charge in [0.2, 0.25) is 0 Å². The summed E-state index contributed by atoms with van der Waals surface area (Å²) < 4.78 is 0.229. The summed E-state index contributed by atoms with van der Waals surface area (Å²) in [7, 11) is 0. The number of carbonyl (C=O) groups is 1. The van der Waals surface area contributed by atoms with E-state index in [-0.39, 0.29) is 10.7 Å². The molecule has 0 saturated heterocycles. The SMILES string of the molecule is CSC1(CNC(=O)c2cccc(C#CCN)c2)CCCC1. The zero-order chi connectivity index (χ0) is 15.1. The van der Waals surface area contributed by atoms with Crippen molar-refractivity contribution in [3.63, 3.8) is 0 Å². The van der Waals surface area contributed by atoms with Crippen molar-refractivity contribution in [3.8, 4) is 11.8 Å². The highest BCUT2D eigenvalue weighted by atomic mass is 32.2. The van der Waals surface area contributed by atoms with E-state index in [4.69, 9.17) is 5.73 Å². The fraction of sp³-hybridized carbons (Fsp3) is 0.471. The lowest BCUT2D eigenvalue weighted by atomic mass is 10.1. The van der Waals surface area contributed by atoms with Gasteiger partial charge in [-0.3, -0.25) is 4.79 Å². The number of nitrogens with one attached hydrogen (secondary N) is 1. The van der Waals surface area contributed by atoms with Gasteiger partial charge < -0.3 is 11.1 Å². The Balaban J connectivity index is 2.00. The Morgan fingerprint density at radius 2 is 2.19 bits per heavy atom. The zero-order valence-electron chi connectivity index (χ0n) is 12.4. The minimum atomic E-state index is -0.0216. The lowest BCUT2D eigenvalue weighted by Crippen LogP contribution is -2.38. The van der Waals surface area contributed by atoms with E-state index in [9.17, 15) is 4.79 Å². The molecule has 1 aliphatic rings. The third-order valence-electron chi connectivity index (χ3n) is 3.98. The molecule has 1 aliphatic carbocycles. The predicted molar refractivity (Wildman–Crippen MR) is 89.4 cm³/mol. The summed E-state index contributed by atoms with van der Waals surface area (Å²) in [6, 6.07) is 7.39. The van der Waals surface area contributed by atoms with Crippen LogP contribution in [0.25, 0.3) is 0 Å². The van der Waals surface area contributed by atoms with E-state index in [2.05, 4.69) is 23.4 Å². The largest absolute Gasteiger partial charge is 0.351 e. The average molecular weight is 302 g/mol. The number of rotatable bonds is 4. The Morgan fingerprint density at radius 3 is 2.86 bits per heavy atom. The van der Waals surface area contributed by atoms with Crippen LogP contribution in [-0.2, 0) is 0 Å². The summed E-state index contributed by atoms with van der Waals surface area (Å²) in [4.78, 5) is 12.3. The number of hydrogen-bond donors (Lipinski definition) is 2. The van der Waals surface area contributed by atoms with Crippen molar-refractivity contribution in [2.24, 2.45) is 5.73 Å². The van der Waals surface area contributed by atoms with Gasteiger partial charge in [0.05, 0.1) is 6.54 Å². The van der Waals surface area contributed by atoms with Crippen LogP contribution in [0.15, 0.2) is 24.3 Å². The Kier molecular flexibility index (Phi) is 5.72. The highest BCUT2D eigenvalue weighted by Crippen LogP contribution is 2.39. The first kappa shape index (κ1) is 15.9. The van der Waals surface area contributed by atoms with Crippen molar-refractivity contribution in [3.05, 3.63) is 35.4 Å². The zero-order valence-corrected chi connectivity index (χ0v) is 13.3. The lowest BCUT2D eigenvalue weighted by molar-refractivity contribution is 0.0949. The molecule has 3 nitrogen and oxygen atoms in total. The number of nitrogens with two attached hydrogens (primary N) is 1. The van der Waals surface area contributed by atoms with E-state index in [1.165, 1.54) is 25.7 Å². The monoisotopic (exact) mass is 302 g/mol. The fourth-order valence-corrected chi connectivity index (χ4v) is 3.62. The van der Waals surface area contributed by atoms with Crippen LogP contribution in [0.2, 0.25) is 0 Å². The minimum Gasteiger partial charge on any atom is -0.351 e. The first-order chi connectivity index (χ1) is 10.2. The molecular weight excluding hydrogens is 280 g/mol. The van der Waals surface area contributed by atoms with Crippen LogP contribution in [0, 0.1) is 11.8 Å². The van der Waals surface area contributed by atoms with Crippen molar-refractivity contribution in [1.29, 1.82) is 0 Å². The van der Waals surface area contributed by atoms with Gasteiger partial charge in [0.25, 0.3) is 5.91 Å². The molecule has 4 heteroatoms. The first-order valence-corrected chi connectivity index (χ1v) is 8.54. The molecule has 1 aromatic carbocycles. The van der Waals surface area contributed by atoms with Gasteiger partial charge in [-0.15, -0.1) is 0 Å². The van der Waals surface area contributed by atoms with Crippen molar-refractivity contribution in [2.45, 2.75) is 30.4 Å². The highest BCUT2D eigenvalue weighted by molar-refractivity contribution is 8.00. The molecule has 1 fully saturated rings. The van der Waals surface area contributed by atoms with Crippen LogP contribution in [-0.4, -0.2) is 30.0 Å². The molecule has 0 aromatic heterocycles. The molecule has 0 aliphatic heterocycles. The maximum Gasteiger partial charge on any atom is 0.251 e. The molecule has 3 N–H and O–H groups in total. The molecule has 0 heterocycles. The van der Waals surface area contributed by atoms with Crippen LogP contribution < -0.4 is 11.1 Å². The quantitative estimate of drug-likeness (QED) is 0.840.